The van der Waals surface area contributed by atoms with E-state index >= 15 is 0 Å². The molecule has 3 aliphatic carbocycles. The lowest BCUT2D eigenvalue weighted by Crippen LogP contribution is -2.54. The Morgan fingerprint density at radius 3 is 2.75 bits per heavy atom. The first-order chi connectivity index (χ1) is 15.6. The number of halogens is 1. The van der Waals surface area contributed by atoms with Gasteiger partial charge in [0.15, 0.2) is 0 Å². The second kappa shape index (κ2) is 7.44. The van der Waals surface area contributed by atoms with Crippen LogP contribution in [0.15, 0.2) is 48.7 Å². The zero-order valence-corrected chi connectivity index (χ0v) is 17.8. The lowest BCUT2D eigenvalue weighted by molar-refractivity contribution is -0.154. The van der Waals surface area contributed by atoms with Gasteiger partial charge in [0.25, 0.3) is 0 Å². The minimum Gasteiger partial charge on any atom is -0.335 e. The molecule has 32 heavy (non-hydrogen) atoms. The van der Waals surface area contributed by atoms with Gasteiger partial charge in [-0.2, -0.15) is 10.4 Å². The summed E-state index contributed by atoms with van der Waals surface area (Å²) in [6.45, 7) is 1.52. The van der Waals surface area contributed by atoms with Gasteiger partial charge >= 0.3 is 0 Å². The topological polar surface area (TPSA) is 61.9 Å². The highest BCUT2D eigenvalue weighted by atomic mass is 19.1. The van der Waals surface area contributed by atoms with Crippen LogP contribution in [-0.4, -0.2) is 27.1 Å². The van der Waals surface area contributed by atoms with Gasteiger partial charge in [-0.25, -0.2) is 4.39 Å². The van der Waals surface area contributed by atoms with Crippen molar-refractivity contribution < 1.29 is 9.18 Å². The minimum absolute atomic E-state index is 0.0339. The number of nitriles is 1. The molecular weight excluding hydrogens is 403 g/mol. The second-order valence-corrected chi connectivity index (χ2v) is 9.66. The third-order valence-electron chi connectivity index (χ3n) is 8.07. The van der Waals surface area contributed by atoms with Crippen molar-refractivity contribution in [1.82, 2.24) is 14.7 Å². The van der Waals surface area contributed by atoms with Crippen LogP contribution in [0.4, 0.5) is 4.39 Å². The molecule has 3 saturated carbocycles. The van der Waals surface area contributed by atoms with Gasteiger partial charge in [-0.05, 0) is 67.7 Å². The van der Waals surface area contributed by atoms with E-state index in [0.29, 0.717) is 28.9 Å². The lowest BCUT2D eigenvalue weighted by atomic mass is 9.55. The Labute approximate surface area is 186 Å². The summed E-state index contributed by atoms with van der Waals surface area (Å²) < 4.78 is 16.3. The molecule has 1 aromatic heterocycles. The van der Waals surface area contributed by atoms with Gasteiger partial charge in [-0.1, -0.05) is 18.2 Å². The monoisotopic (exact) mass is 428 g/mol. The number of hydrogen-bond donors (Lipinski definition) is 0. The number of likely N-dealkylation sites (tertiary alicyclic amines) is 1. The molecule has 6 heteroatoms. The van der Waals surface area contributed by atoms with Crippen molar-refractivity contribution in [3.05, 3.63) is 65.6 Å². The third-order valence-corrected chi connectivity index (χ3v) is 8.07. The molecule has 5 nitrogen and oxygen atoms in total. The molecule has 1 amide bonds. The van der Waals surface area contributed by atoms with E-state index in [1.807, 2.05) is 46.1 Å². The first-order valence-corrected chi connectivity index (χ1v) is 11.5. The molecule has 7 rings (SSSR count). The molecule has 1 aliphatic heterocycles. The summed E-state index contributed by atoms with van der Waals surface area (Å²) in [5.41, 5.74) is 2.32. The van der Waals surface area contributed by atoms with Gasteiger partial charge in [-0.15, -0.1) is 0 Å². The Bertz CT molecular complexity index is 1240. The number of fused-ring (bicyclic) bond motifs is 3. The van der Waals surface area contributed by atoms with E-state index in [9.17, 15) is 9.18 Å². The van der Waals surface area contributed by atoms with Crippen LogP contribution in [0.5, 0.6) is 0 Å². The summed E-state index contributed by atoms with van der Waals surface area (Å²) >= 11 is 0. The number of benzene rings is 2. The summed E-state index contributed by atoms with van der Waals surface area (Å²) in [6.07, 6.45) is 5.75. The number of rotatable bonds is 4. The molecule has 2 aromatic carbocycles. The van der Waals surface area contributed by atoms with Gasteiger partial charge in [0.05, 0.1) is 29.4 Å². The number of carbonyl (C=O) groups is 1. The van der Waals surface area contributed by atoms with E-state index in [1.54, 1.807) is 6.07 Å². The first kappa shape index (κ1) is 19.5. The minimum atomic E-state index is -0.217. The molecule has 3 atom stereocenters. The van der Waals surface area contributed by atoms with E-state index in [0.717, 1.165) is 49.7 Å². The van der Waals surface area contributed by atoms with Crippen LogP contribution in [0.2, 0.25) is 0 Å². The maximum absolute atomic E-state index is 14.3. The molecule has 2 bridgehead atoms. The number of hydrogen-bond acceptors (Lipinski definition) is 3. The van der Waals surface area contributed by atoms with Crippen LogP contribution < -0.4 is 0 Å². The summed E-state index contributed by atoms with van der Waals surface area (Å²) in [5.74, 6) is 1.57. The van der Waals surface area contributed by atoms with Gasteiger partial charge < -0.3 is 4.90 Å². The third kappa shape index (κ3) is 3.02. The predicted octanol–water partition coefficient (Wildman–Crippen LogP) is 4.68. The Morgan fingerprint density at radius 1 is 1.16 bits per heavy atom. The molecule has 4 aliphatic rings. The number of amides is 1. The first-order valence-electron chi connectivity index (χ1n) is 11.5. The molecule has 1 saturated heterocycles. The van der Waals surface area contributed by atoms with E-state index in [2.05, 4.69) is 11.2 Å². The Kier molecular flexibility index (Phi) is 4.53. The summed E-state index contributed by atoms with van der Waals surface area (Å²) in [5, 5.41) is 14.7. The smallest absolute Gasteiger partial charge is 0.226 e. The van der Waals surface area contributed by atoms with Crippen LogP contribution in [0.3, 0.4) is 0 Å². The predicted molar refractivity (Wildman–Crippen MR) is 118 cm³/mol. The fourth-order valence-electron chi connectivity index (χ4n) is 6.12. The van der Waals surface area contributed by atoms with E-state index in [1.165, 1.54) is 6.07 Å². The number of nitrogens with zero attached hydrogens (tertiary/aromatic N) is 4. The maximum Gasteiger partial charge on any atom is 0.226 e. The lowest BCUT2D eigenvalue weighted by Gasteiger charge is -2.53. The molecule has 3 aromatic rings. The zero-order chi connectivity index (χ0) is 21.8. The fraction of sp³-hybridized carbons (Fsp3) is 0.423. The average Bonchev–Trinajstić information content (AvgIpc) is 3.15. The average molecular weight is 429 g/mol. The van der Waals surface area contributed by atoms with E-state index in [-0.39, 0.29) is 23.7 Å². The SMILES string of the molecule is N#Cc1ccc2c(cnn2C[C@@H]2C[C@H](C(=O)N3CCC3c3ccccc3F)C3CC2C3)c1. The van der Waals surface area contributed by atoms with Crippen molar-refractivity contribution in [3.8, 4) is 6.07 Å². The zero-order valence-electron chi connectivity index (χ0n) is 17.8. The fourth-order valence-corrected chi connectivity index (χ4v) is 6.12. The van der Waals surface area contributed by atoms with Crippen molar-refractivity contribution >= 4 is 16.8 Å². The largest absolute Gasteiger partial charge is 0.335 e. The van der Waals surface area contributed by atoms with Crippen molar-refractivity contribution in [3.63, 3.8) is 0 Å². The molecular formula is C26H25FN4O. The highest BCUT2D eigenvalue weighted by Gasteiger charge is 2.51. The van der Waals surface area contributed by atoms with E-state index in [4.69, 9.17) is 5.26 Å². The van der Waals surface area contributed by atoms with Gasteiger partial charge in [0.2, 0.25) is 5.91 Å². The van der Waals surface area contributed by atoms with Gasteiger partial charge in [0, 0.05) is 30.0 Å². The van der Waals surface area contributed by atoms with Crippen LogP contribution in [-0.2, 0) is 11.3 Å². The molecule has 0 radical (unpaired) electrons. The van der Waals surface area contributed by atoms with Crippen molar-refractivity contribution in [2.75, 3.05) is 6.54 Å². The van der Waals surface area contributed by atoms with Gasteiger partial charge in [-0.3, -0.25) is 9.48 Å². The van der Waals surface area contributed by atoms with Crippen LogP contribution in [0, 0.1) is 40.8 Å². The van der Waals surface area contributed by atoms with Crippen molar-refractivity contribution in [1.29, 1.82) is 5.26 Å². The molecule has 4 fully saturated rings. The van der Waals surface area contributed by atoms with Gasteiger partial charge in [0.1, 0.15) is 5.82 Å². The highest BCUT2D eigenvalue weighted by molar-refractivity contribution is 5.81. The van der Waals surface area contributed by atoms with Crippen molar-refractivity contribution in [2.24, 2.45) is 23.7 Å². The molecule has 0 N–H and O–H groups in total. The maximum atomic E-state index is 14.3. The quantitative estimate of drug-likeness (QED) is 0.606. The summed E-state index contributed by atoms with van der Waals surface area (Å²) in [6, 6.07) is 14.6. The Hall–Kier alpha value is -3.20. The normalized spacial score (nSPS) is 28.6. The number of aromatic nitrogens is 2. The molecule has 1 unspecified atom stereocenters. The van der Waals surface area contributed by atoms with Crippen LogP contribution in [0.1, 0.15) is 42.9 Å². The highest BCUT2D eigenvalue weighted by Crippen LogP contribution is 2.54. The molecule has 162 valence electrons. The standard InChI is InChI=1S/C26H25FN4O/c27-23-4-2-1-3-21(23)25-7-8-30(25)26(32)22-12-20(17-10-18(22)11-17)15-31-24-6-5-16(13-28)9-19(24)14-29-31/h1-6,9,14,17-18,20,22,25H,7-8,10-12,15H2/t17?,18?,20-,22-,25?/m0/s1. The number of carbonyl (C=O) groups excluding carboxylic acids is 1. The van der Waals surface area contributed by atoms with E-state index < -0.39 is 0 Å². The molecule has 0 spiro atoms. The Morgan fingerprint density at radius 2 is 2.00 bits per heavy atom. The summed E-state index contributed by atoms with van der Waals surface area (Å²) in [4.78, 5) is 15.4. The van der Waals surface area contributed by atoms with Crippen molar-refractivity contribution in [2.45, 2.75) is 38.3 Å². The second-order valence-electron chi connectivity index (χ2n) is 9.66. The Balaban J connectivity index is 1.19. The molecule has 2 heterocycles. The summed E-state index contributed by atoms with van der Waals surface area (Å²) in [7, 11) is 0. The van der Waals surface area contributed by atoms with Crippen LogP contribution in [0.25, 0.3) is 10.9 Å². The van der Waals surface area contributed by atoms with Crippen LogP contribution >= 0.6 is 0 Å².